The van der Waals surface area contributed by atoms with Crippen molar-refractivity contribution in [2.24, 2.45) is 0 Å². The quantitative estimate of drug-likeness (QED) is 0.917. The second kappa shape index (κ2) is 5.75. The molecule has 0 saturated carbocycles. The maximum atomic E-state index is 11.4. The fourth-order valence-electron chi connectivity index (χ4n) is 2.14. The van der Waals surface area contributed by atoms with E-state index in [0.29, 0.717) is 5.52 Å². The minimum Gasteiger partial charge on any atom is -0.478 e. The Kier molecular flexibility index (Phi) is 4.23. The van der Waals surface area contributed by atoms with Gasteiger partial charge in [0.2, 0.25) is 0 Å². The number of rotatable bonds is 5. The Morgan fingerprint density at radius 3 is 2.80 bits per heavy atom. The van der Waals surface area contributed by atoms with Crippen LogP contribution in [0.3, 0.4) is 0 Å². The number of aromatic carboxylic acids is 1. The van der Waals surface area contributed by atoms with Crippen molar-refractivity contribution in [2.45, 2.75) is 32.1 Å². The summed E-state index contributed by atoms with van der Waals surface area (Å²) in [7, 11) is -0.833. The fraction of sp³-hybridized carbons (Fsp3) is 0.429. The van der Waals surface area contributed by atoms with Crippen molar-refractivity contribution in [3.05, 3.63) is 29.6 Å². The van der Waals surface area contributed by atoms with E-state index in [1.165, 1.54) is 0 Å². The van der Waals surface area contributed by atoms with E-state index in [1.54, 1.807) is 24.5 Å². The van der Waals surface area contributed by atoms with Gasteiger partial charge in [-0.3, -0.25) is 4.21 Å². The Morgan fingerprint density at radius 1 is 1.50 bits per heavy atom. The zero-order valence-corrected chi connectivity index (χ0v) is 12.6. The molecule has 6 heteroatoms. The molecule has 0 fully saturated rings. The second-order valence-corrected chi connectivity index (χ2v) is 6.72. The van der Waals surface area contributed by atoms with E-state index >= 15 is 0 Å². The zero-order valence-electron chi connectivity index (χ0n) is 11.8. The first-order valence-corrected chi connectivity index (χ1v) is 8.04. The summed E-state index contributed by atoms with van der Waals surface area (Å²) >= 11 is 0. The average Bonchev–Trinajstić information content (AvgIpc) is 2.70. The molecule has 0 spiro atoms. The van der Waals surface area contributed by atoms with Crippen LogP contribution in [0, 0.1) is 6.92 Å². The number of hydrogen-bond acceptors (Lipinski definition) is 3. The van der Waals surface area contributed by atoms with Gasteiger partial charge in [-0.1, -0.05) is 6.92 Å². The topological polar surface area (TPSA) is 72.2 Å². The predicted octanol–water partition coefficient (Wildman–Crippen LogP) is 2.20. The number of benzene rings is 1. The molecule has 2 rings (SSSR count). The Bertz CT molecular complexity index is 678. The van der Waals surface area contributed by atoms with Gasteiger partial charge in [-0.2, -0.15) is 0 Å². The number of carbonyl (C=O) groups is 1. The van der Waals surface area contributed by atoms with E-state index in [0.717, 1.165) is 24.3 Å². The molecule has 5 nitrogen and oxygen atoms in total. The highest BCUT2D eigenvalue weighted by atomic mass is 32.2. The Morgan fingerprint density at radius 2 is 2.20 bits per heavy atom. The highest BCUT2D eigenvalue weighted by Gasteiger charge is 2.12. The van der Waals surface area contributed by atoms with Gasteiger partial charge in [0.1, 0.15) is 5.82 Å². The standard InChI is InChI=1S/C14H18N2O3S/c1-9(20(3)19)6-7-16-10(2)15-12-8-11(14(17)18)4-5-13(12)16/h4-5,8-9H,6-7H2,1-3H3,(H,17,18). The first kappa shape index (κ1) is 14.7. The van der Waals surface area contributed by atoms with Gasteiger partial charge in [0.05, 0.1) is 16.6 Å². The summed E-state index contributed by atoms with van der Waals surface area (Å²) in [5.41, 5.74) is 1.85. The van der Waals surface area contributed by atoms with Gasteiger partial charge in [0, 0.05) is 28.9 Å². The van der Waals surface area contributed by atoms with E-state index in [1.807, 2.05) is 18.4 Å². The number of aryl methyl sites for hydroxylation is 2. The first-order valence-electron chi connectivity index (χ1n) is 6.42. The number of carboxylic acid groups (broad SMARTS) is 1. The van der Waals surface area contributed by atoms with Crippen LogP contribution >= 0.6 is 0 Å². The minimum absolute atomic E-state index is 0.130. The molecule has 0 amide bonds. The van der Waals surface area contributed by atoms with Crippen molar-refractivity contribution in [3.8, 4) is 0 Å². The Hall–Kier alpha value is -1.69. The molecule has 1 N–H and O–H groups in total. The van der Waals surface area contributed by atoms with Gasteiger partial charge < -0.3 is 9.67 Å². The Balaban J connectivity index is 2.32. The molecule has 20 heavy (non-hydrogen) atoms. The maximum absolute atomic E-state index is 11.4. The summed E-state index contributed by atoms with van der Waals surface area (Å²) in [5.74, 6) is -0.106. The zero-order chi connectivity index (χ0) is 14.9. The van der Waals surface area contributed by atoms with Crippen LogP contribution < -0.4 is 0 Å². The molecule has 2 aromatic rings. The summed E-state index contributed by atoms with van der Waals surface area (Å²) in [6.45, 7) is 4.59. The lowest BCUT2D eigenvalue weighted by Gasteiger charge is -2.11. The van der Waals surface area contributed by atoms with Crippen molar-refractivity contribution in [3.63, 3.8) is 0 Å². The third kappa shape index (κ3) is 2.90. The van der Waals surface area contributed by atoms with Crippen LogP contribution in [0.5, 0.6) is 0 Å². The number of imidazole rings is 1. The maximum Gasteiger partial charge on any atom is 0.335 e. The van der Waals surface area contributed by atoms with Gasteiger partial charge >= 0.3 is 5.97 Å². The molecule has 0 aliphatic carbocycles. The molecule has 0 aliphatic rings. The minimum atomic E-state index is -0.950. The summed E-state index contributed by atoms with van der Waals surface area (Å²) in [6, 6.07) is 4.96. The third-order valence-electron chi connectivity index (χ3n) is 3.51. The summed E-state index contributed by atoms with van der Waals surface area (Å²) in [4.78, 5) is 15.4. The molecule has 1 aromatic carbocycles. The molecule has 108 valence electrons. The largest absolute Gasteiger partial charge is 0.478 e. The molecule has 0 bridgehead atoms. The predicted molar refractivity (Wildman–Crippen MR) is 79.6 cm³/mol. The van der Waals surface area contributed by atoms with Gasteiger partial charge in [0.25, 0.3) is 0 Å². The molecule has 1 aromatic heterocycles. The summed E-state index contributed by atoms with van der Waals surface area (Å²) in [5, 5.41) is 9.12. The van der Waals surface area contributed by atoms with E-state index in [9.17, 15) is 9.00 Å². The van der Waals surface area contributed by atoms with Gasteiger partial charge in [-0.05, 0) is 31.5 Å². The second-order valence-electron chi connectivity index (χ2n) is 4.92. The van der Waals surface area contributed by atoms with E-state index in [2.05, 4.69) is 4.98 Å². The van der Waals surface area contributed by atoms with Crippen LogP contribution in [0.2, 0.25) is 0 Å². The van der Waals surface area contributed by atoms with Crippen LogP contribution in [0.25, 0.3) is 11.0 Å². The number of aromatic nitrogens is 2. The van der Waals surface area contributed by atoms with E-state index < -0.39 is 16.8 Å². The lowest BCUT2D eigenvalue weighted by molar-refractivity contribution is 0.0697. The highest BCUT2D eigenvalue weighted by molar-refractivity contribution is 7.84. The fourth-order valence-corrected chi connectivity index (χ4v) is 2.58. The van der Waals surface area contributed by atoms with Crippen LogP contribution in [0.4, 0.5) is 0 Å². The summed E-state index contributed by atoms with van der Waals surface area (Å²) in [6.07, 6.45) is 2.51. The number of fused-ring (bicyclic) bond motifs is 1. The highest BCUT2D eigenvalue weighted by Crippen LogP contribution is 2.19. The van der Waals surface area contributed by atoms with Crippen LogP contribution in [0.1, 0.15) is 29.5 Å². The van der Waals surface area contributed by atoms with Crippen LogP contribution in [-0.4, -0.2) is 36.3 Å². The van der Waals surface area contributed by atoms with Crippen LogP contribution in [-0.2, 0) is 17.3 Å². The number of nitrogens with zero attached hydrogens (tertiary/aromatic N) is 2. The lowest BCUT2D eigenvalue weighted by Crippen LogP contribution is -2.13. The first-order chi connectivity index (χ1) is 9.40. The van der Waals surface area contributed by atoms with Gasteiger partial charge in [-0.25, -0.2) is 9.78 Å². The lowest BCUT2D eigenvalue weighted by atomic mass is 10.2. The number of carboxylic acids is 1. The Labute approximate surface area is 120 Å². The van der Waals surface area contributed by atoms with Crippen molar-refractivity contribution >= 4 is 27.8 Å². The van der Waals surface area contributed by atoms with Crippen molar-refractivity contribution in [1.29, 1.82) is 0 Å². The molecule has 0 aliphatic heterocycles. The molecule has 0 saturated heterocycles. The summed E-state index contributed by atoms with van der Waals surface area (Å²) < 4.78 is 13.4. The van der Waals surface area contributed by atoms with Crippen molar-refractivity contribution < 1.29 is 14.1 Å². The third-order valence-corrected chi connectivity index (χ3v) is 4.88. The molecule has 0 radical (unpaired) electrons. The average molecular weight is 294 g/mol. The smallest absolute Gasteiger partial charge is 0.335 e. The normalized spacial score (nSPS) is 14.3. The molecule has 2 atom stereocenters. The SMILES string of the molecule is Cc1nc2cc(C(=O)O)ccc2n1CCC(C)S(C)=O. The molecular weight excluding hydrogens is 276 g/mol. The molecular formula is C14H18N2O3S. The number of hydrogen-bond donors (Lipinski definition) is 1. The van der Waals surface area contributed by atoms with Crippen LogP contribution in [0.15, 0.2) is 18.2 Å². The van der Waals surface area contributed by atoms with Crippen molar-refractivity contribution in [2.75, 3.05) is 6.26 Å². The van der Waals surface area contributed by atoms with E-state index in [4.69, 9.17) is 5.11 Å². The molecule has 1 heterocycles. The van der Waals surface area contributed by atoms with Gasteiger partial charge in [-0.15, -0.1) is 0 Å². The van der Waals surface area contributed by atoms with Gasteiger partial charge in [0.15, 0.2) is 0 Å². The molecule has 2 unspecified atom stereocenters. The van der Waals surface area contributed by atoms with Crippen molar-refractivity contribution in [1.82, 2.24) is 9.55 Å². The monoisotopic (exact) mass is 294 g/mol. The van der Waals surface area contributed by atoms with E-state index in [-0.39, 0.29) is 10.8 Å².